The molecule has 0 bridgehead atoms. The van der Waals surface area contributed by atoms with Gasteiger partial charge in [0.2, 0.25) is 0 Å². The number of para-hydroxylation sites is 1. The number of H-pyrrole nitrogens is 2. The molecule has 8 heteroatoms. The number of hydrogen-bond donors (Lipinski definition) is 3. The van der Waals surface area contributed by atoms with E-state index in [9.17, 15) is 9.18 Å². The number of aromatic amines is 2. The zero-order chi connectivity index (χ0) is 20.5. The first-order valence-electron chi connectivity index (χ1n) is 9.19. The summed E-state index contributed by atoms with van der Waals surface area (Å²) in [5.74, 6) is -0.107. The van der Waals surface area contributed by atoms with Gasteiger partial charge >= 0.3 is 0 Å². The molecule has 3 heterocycles. The molecule has 7 nitrogen and oxygen atoms in total. The van der Waals surface area contributed by atoms with Gasteiger partial charge in [0, 0.05) is 18.0 Å². The molecule has 0 aliphatic rings. The lowest BCUT2D eigenvalue weighted by molar-refractivity contribution is 0.102. The van der Waals surface area contributed by atoms with Crippen molar-refractivity contribution < 1.29 is 9.18 Å². The van der Waals surface area contributed by atoms with E-state index in [0.717, 1.165) is 16.6 Å². The number of halogens is 1. The Morgan fingerprint density at radius 2 is 1.93 bits per heavy atom. The molecule has 3 N–H and O–H groups in total. The van der Waals surface area contributed by atoms with Crippen molar-refractivity contribution in [1.29, 1.82) is 0 Å². The molecule has 0 saturated heterocycles. The van der Waals surface area contributed by atoms with Gasteiger partial charge in [-0.3, -0.25) is 14.9 Å². The Kier molecular flexibility index (Phi) is 4.29. The molecule has 2 aromatic carbocycles. The molecule has 0 radical (unpaired) electrons. The van der Waals surface area contributed by atoms with Crippen molar-refractivity contribution >= 4 is 22.6 Å². The third-order valence-corrected chi connectivity index (χ3v) is 4.70. The SMILES string of the molecule is O=C(Nc1cn[nH]c1-c1nc2c(-c3cccc(F)c3)cccc2[nH]1)c1cccnc1. The molecule has 0 atom stereocenters. The first kappa shape index (κ1) is 17.7. The van der Waals surface area contributed by atoms with E-state index in [-0.39, 0.29) is 11.7 Å². The van der Waals surface area contributed by atoms with Gasteiger partial charge in [-0.1, -0.05) is 24.3 Å². The Morgan fingerprint density at radius 3 is 2.77 bits per heavy atom. The van der Waals surface area contributed by atoms with E-state index in [0.29, 0.717) is 28.3 Å². The Bertz CT molecular complexity index is 1360. The van der Waals surface area contributed by atoms with Gasteiger partial charge in [-0.25, -0.2) is 9.37 Å². The van der Waals surface area contributed by atoms with Crippen LogP contribution in [0.2, 0.25) is 0 Å². The maximum atomic E-state index is 13.7. The highest BCUT2D eigenvalue weighted by Gasteiger charge is 2.17. The van der Waals surface area contributed by atoms with Crippen molar-refractivity contribution in [2.45, 2.75) is 0 Å². The fourth-order valence-corrected chi connectivity index (χ4v) is 3.29. The van der Waals surface area contributed by atoms with E-state index < -0.39 is 0 Å². The van der Waals surface area contributed by atoms with E-state index in [1.807, 2.05) is 24.3 Å². The lowest BCUT2D eigenvalue weighted by atomic mass is 10.0. The van der Waals surface area contributed by atoms with Crippen molar-refractivity contribution in [2.75, 3.05) is 5.32 Å². The van der Waals surface area contributed by atoms with Gasteiger partial charge in [-0.2, -0.15) is 5.10 Å². The molecule has 3 aromatic heterocycles. The number of imidazole rings is 1. The summed E-state index contributed by atoms with van der Waals surface area (Å²) >= 11 is 0. The van der Waals surface area contributed by atoms with Crippen LogP contribution in [0.5, 0.6) is 0 Å². The summed E-state index contributed by atoms with van der Waals surface area (Å²) in [7, 11) is 0. The number of hydrogen-bond acceptors (Lipinski definition) is 4. The third kappa shape index (κ3) is 3.20. The van der Waals surface area contributed by atoms with Crippen LogP contribution in [0.15, 0.2) is 73.2 Å². The summed E-state index contributed by atoms with van der Waals surface area (Å²) < 4.78 is 13.7. The van der Waals surface area contributed by atoms with Crippen LogP contribution in [-0.2, 0) is 0 Å². The lowest BCUT2D eigenvalue weighted by Crippen LogP contribution is -2.12. The number of amides is 1. The number of carbonyl (C=O) groups excluding carboxylic acids is 1. The van der Waals surface area contributed by atoms with Crippen LogP contribution in [0.4, 0.5) is 10.1 Å². The molecule has 1 amide bonds. The molecule has 5 aromatic rings. The second-order valence-corrected chi connectivity index (χ2v) is 6.65. The highest BCUT2D eigenvalue weighted by molar-refractivity contribution is 6.05. The maximum Gasteiger partial charge on any atom is 0.257 e. The first-order chi connectivity index (χ1) is 14.7. The predicted molar refractivity (Wildman–Crippen MR) is 111 cm³/mol. The zero-order valence-electron chi connectivity index (χ0n) is 15.6. The quantitative estimate of drug-likeness (QED) is 0.418. The van der Waals surface area contributed by atoms with Crippen LogP contribution in [-0.4, -0.2) is 31.1 Å². The van der Waals surface area contributed by atoms with Crippen LogP contribution < -0.4 is 5.32 Å². The van der Waals surface area contributed by atoms with Crippen LogP contribution >= 0.6 is 0 Å². The summed E-state index contributed by atoms with van der Waals surface area (Å²) in [6.45, 7) is 0. The minimum absolute atomic E-state index is 0.303. The second kappa shape index (κ2) is 7.25. The third-order valence-electron chi connectivity index (χ3n) is 4.70. The molecular formula is C22H15FN6O. The van der Waals surface area contributed by atoms with Gasteiger partial charge < -0.3 is 10.3 Å². The second-order valence-electron chi connectivity index (χ2n) is 6.65. The van der Waals surface area contributed by atoms with Crippen LogP contribution in [0.25, 0.3) is 33.7 Å². The predicted octanol–water partition coefficient (Wildman–Crippen LogP) is 4.41. The van der Waals surface area contributed by atoms with Gasteiger partial charge in [-0.05, 0) is 35.9 Å². The van der Waals surface area contributed by atoms with Crippen LogP contribution in [0, 0.1) is 5.82 Å². The number of anilines is 1. The molecule has 0 aliphatic heterocycles. The van der Waals surface area contributed by atoms with Gasteiger partial charge in [-0.15, -0.1) is 0 Å². The Balaban J connectivity index is 1.53. The fraction of sp³-hybridized carbons (Fsp3) is 0. The van der Waals surface area contributed by atoms with Crippen molar-refractivity contribution in [3.8, 4) is 22.6 Å². The van der Waals surface area contributed by atoms with E-state index in [1.165, 1.54) is 24.5 Å². The van der Waals surface area contributed by atoms with Gasteiger partial charge in [0.05, 0.1) is 28.5 Å². The fourth-order valence-electron chi connectivity index (χ4n) is 3.29. The Hall–Kier alpha value is -4.33. The molecule has 0 aliphatic carbocycles. The molecule has 5 rings (SSSR count). The first-order valence-corrected chi connectivity index (χ1v) is 9.19. The van der Waals surface area contributed by atoms with Gasteiger partial charge in [0.1, 0.15) is 11.5 Å². The summed E-state index contributed by atoms with van der Waals surface area (Å²) in [5, 5.41) is 9.74. The molecule has 0 spiro atoms. The molecule has 0 fully saturated rings. The largest absolute Gasteiger partial charge is 0.337 e. The number of pyridine rings is 1. The zero-order valence-corrected chi connectivity index (χ0v) is 15.6. The number of nitrogens with one attached hydrogen (secondary N) is 3. The number of nitrogens with zero attached hydrogens (tertiary/aromatic N) is 3. The Labute approximate surface area is 170 Å². The monoisotopic (exact) mass is 398 g/mol. The smallest absolute Gasteiger partial charge is 0.257 e. The van der Waals surface area contributed by atoms with Crippen molar-refractivity contribution in [2.24, 2.45) is 0 Å². The maximum absolute atomic E-state index is 13.7. The Morgan fingerprint density at radius 1 is 1.03 bits per heavy atom. The molecule has 30 heavy (non-hydrogen) atoms. The topological polar surface area (TPSA) is 99.4 Å². The van der Waals surface area contributed by atoms with E-state index in [1.54, 1.807) is 24.4 Å². The minimum atomic E-state index is -0.311. The van der Waals surface area contributed by atoms with Crippen molar-refractivity contribution in [3.63, 3.8) is 0 Å². The number of carbonyl (C=O) groups is 1. The minimum Gasteiger partial charge on any atom is -0.337 e. The van der Waals surface area contributed by atoms with Crippen LogP contribution in [0.1, 0.15) is 10.4 Å². The molecule has 0 saturated carbocycles. The highest BCUT2D eigenvalue weighted by Crippen LogP contribution is 2.31. The average Bonchev–Trinajstić information content (AvgIpc) is 3.40. The number of benzene rings is 2. The normalized spacial score (nSPS) is 11.0. The average molecular weight is 398 g/mol. The molecule has 0 unspecified atom stereocenters. The summed E-state index contributed by atoms with van der Waals surface area (Å²) in [4.78, 5) is 24.4. The summed E-state index contributed by atoms with van der Waals surface area (Å²) in [5.41, 5.74) is 4.46. The van der Waals surface area contributed by atoms with Crippen LogP contribution in [0.3, 0.4) is 0 Å². The standard InChI is InChI=1S/C22H15FN6O/c23-15-6-1-4-13(10-15)16-7-2-8-17-19(16)28-21(26-17)20-18(12-25-29-20)27-22(30)14-5-3-9-24-11-14/h1-12H,(H,25,29)(H,26,28)(H,27,30). The summed E-state index contributed by atoms with van der Waals surface area (Å²) in [6, 6.07) is 15.4. The van der Waals surface area contributed by atoms with Crippen molar-refractivity contribution in [1.82, 2.24) is 25.1 Å². The van der Waals surface area contributed by atoms with E-state index >= 15 is 0 Å². The van der Waals surface area contributed by atoms with E-state index in [4.69, 9.17) is 0 Å². The summed E-state index contributed by atoms with van der Waals surface area (Å²) in [6.07, 6.45) is 4.61. The number of aromatic nitrogens is 5. The van der Waals surface area contributed by atoms with Crippen molar-refractivity contribution in [3.05, 3.63) is 84.6 Å². The lowest BCUT2D eigenvalue weighted by Gasteiger charge is -2.04. The molecular weight excluding hydrogens is 383 g/mol. The van der Waals surface area contributed by atoms with Gasteiger partial charge in [0.15, 0.2) is 5.82 Å². The molecule has 146 valence electrons. The van der Waals surface area contributed by atoms with Gasteiger partial charge in [0.25, 0.3) is 5.91 Å². The number of rotatable bonds is 4. The van der Waals surface area contributed by atoms with E-state index in [2.05, 4.69) is 30.5 Å². The highest BCUT2D eigenvalue weighted by atomic mass is 19.1. The number of fused-ring (bicyclic) bond motifs is 1.